The lowest BCUT2D eigenvalue weighted by molar-refractivity contribution is 0.132. The lowest BCUT2D eigenvalue weighted by Crippen LogP contribution is -2.45. The van der Waals surface area contributed by atoms with Crippen LogP contribution in [0.4, 0.5) is 0 Å². The van der Waals surface area contributed by atoms with E-state index in [2.05, 4.69) is 46.0 Å². The van der Waals surface area contributed by atoms with Gasteiger partial charge in [-0.2, -0.15) is 0 Å². The molecule has 1 aromatic rings. The summed E-state index contributed by atoms with van der Waals surface area (Å²) in [7, 11) is 2.19. The summed E-state index contributed by atoms with van der Waals surface area (Å²) in [5, 5.41) is 0. The molecule has 0 spiro atoms. The van der Waals surface area contributed by atoms with Crippen molar-refractivity contribution in [2.45, 2.75) is 25.4 Å². The molecule has 0 aromatic heterocycles. The molecular formula is C19H32N4O. The van der Waals surface area contributed by atoms with Gasteiger partial charge in [-0.15, -0.1) is 0 Å². The number of piperidine rings is 1. The molecule has 2 fully saturated rings. The van der Waals surface area contributed by atoms with E-state index in [4.69, 9.17) is 10.5 Å². The average molecular weight is 332 g/mol. The molecule has 1 aromatic carbocycles. The molecule has 134 valence electrons. The molecule has 3 rings (SSSR count). The normalized spacial score (nSPS) is 24.2. The molecule has 2 aliphatic rings. The van der Waals surface area contributed by atoms with Crippen LogP contribution in [0.2, 0.25) is 0 Å². The van der Waals surface area contributed by atoms with Crippen LogP contribution in [0.15, 0.2) is 24.3 Å². The SMILES string of the molecule is CN1CCN(CCOc2ccccc2CN2CCC[C@H](N)C2)CC1. The summed E-state index contributed by atoms with van der Waals surface area (Å²) < 4.78 is 6.12. The van der Waals surface area contributed by atoms with Crippen molar-refractivity contribution in [2.24, 2.45) is 5.73 Å². The second-order valence-electron chi connectivity index (χ2n) is 7.24. The first-order valence-electron chi connectivity index (χ1n) is 9.30. The minimum Gasteiger partial charge on any atom is -0.492 e. The van der Waals surface area contributed by atoms with Crippen molar-refractivity contribution in [3.8, 4) is 5.75 Å². The van der Waals surface area contributed by atoms with Crippen molar-refractivity contribution >= 4 is 0 Å². The Balaban J connectivity index is 1.48. The van der Waals surface area contributed by atoms with Gasteiger partial charge in [0.05, 0.1) is 0 Å². The predicted molar refractivity (Wildman–Crippen MR) is 98.4 cm³/mol. The van der Waals surface area contributed by atoms with E-state index < -0.39 is 0 Å². The number of likely N-dealkylation sites (N-methyl/N-ethyl adjacent to an activating group) is 1. The van der Waals surface area contributed by atoms with E-state index in [1.807, 2.05) is 0 Å². The van der Waals surface area contributed by atoms with Gasteiger partial charge in [0.25, 0.3) is 0 Å². The maximum atomic E-state index is 6.12. The third kappa shape index (κ3) is 5.18. The molecule has 2 saturated heterocycles. The zero-order chi connectivity index (χ0) is 16.8. The smallest absolute Gasteiger partial charge is 0.123 e. The molecule has 24 heavy (non-hydrogen) atoms. The Morgan fingerprint density at radius 2 is 1.88 bits per heavy atom. The number of para-hydroxylation sites is 1. The highest BCUT2D eigenvalue weighted by Gasteiger charge is 2.18. The van der Waals surface area contributed by atoms with Gasteiger partial charge in [0.15, 0.2) is 0 Å². The van der Waals surface area contributed by atoms with E-state index in [0.717, 1.165) is 71.1 Å². The number of benzene rings is 1. The molecule has 0 radical (unpaired) electrons. The first-order valence-corrected chi connectivity index (χ1v) is 9.30. The zero-order valence-electron chi connectivity index (χ0n) is 15.0. The molecule has 5 nitrogen and oxygen atoms in total. The van der Waals surface area contributed by atoms with Gasteiger partial charge in [-0.05, 0) is 32.5 Å². The fourth-order valence-corrected chi connectivity index (χ4v) is 3.61. The number of piperazine rings is 1. The monoisotopic (exact) mass is 332 g/mol. The van der Waals surface area contributed by atoms with E-state index in [1.165, 1.54) is 12.0 Å². The Hall–Kier alpha value is -1.14. The highest BCUT2D eigenvalue weighted by atomic mass is 16.5. The van der Waals surface area contributed by atoms with Crippen LogP contribution in [0, 0.1) is 0 Å². The highest BCUT2D eigenvalue weighted by molar-refractivity contribution is 5.33. The van der Waals surface area contributed by atoms with Crippen molar-refractivity contribution in [1.82, 2.24) is 14.7 Å². The second kappa shape index (κ2) is 8.81. The Bertz CT molecular complexity index is 502. The maximum Gasteiger partial charge on any atom is 0.123 e. The summed E-state index contributed by atoms with van der Waals surface area (Å²) in [4.78, 5) is 7.33. The van der Waals surface area contributed by atoms with Crippen molar-refractivity contribution in [1.29, 1.82) is 0 Å². The van der Waals surface area contributed by atoms with Crippen molar-refractivity contribution in [3.63, 3.8) is 0 Å². The largest absolute Gasteiger partial charge is 0.492 e. The van der Waals surface area contributed by atoms with Crippen LogP contribution >= 0.6 is 0 Å². The summed E-state index contributed by atoms with van der Waals surface area (Å²) in [6.45, 7) is 9.46. The van der Waals surface area contributed by atoms with Crippen molar-refractivity contribution < 1.29 is 4.74 Å². The molecule has 0 unspecified atom stereocenters. The van der Waals surface area contributed by atoms with Crippen molar-refractivity contribution in [2.75, 3.05) is 59.5 Å². The average Bonchev–Trinajstić information content (AvgIpc) is 2.58. The number of rotatable bonds is 6. The minimum atomic E-state index is 0.323. The third-order valence-corrected chi connectivity index (χ3v) is 5.17. The topological polar surface area (TPSA) is 45.0 Å². The first kappa shape index (κ1) is 17.7. The lowest BCUT2D eigenvalue weighted by atomic mass is 10.1. The summed E-state index contributed by atoms with van der Waals surface area (Å²) in [5.41, 5.74) is 7.39. The van der Waals surface area contributed by atoms with E-state index in [1.54, 1.807) is 0 Å². The van der Waals surface area contributed by atoms with Gasteiger partial charge >= 0.3 is 0 Å². The second-order valence-corrected chi connectivity index (χ2v) is 7.24. The van der Waals surface area contributed by atoms with E-state index in [0.29, 0.717) is 6.04 Å². The molecule has 0 bridgehead atoms. The molecule has 0 amide bonds. The minimum absolute atomic E-state index is 0.323. The summed E-state index contributed by atoms with van der Waals surface area (Å²) in [6, 6.07) is 8.78. The Labute approximate surface area is 146 Å². The van der Waals surface area contributed by atoms with Crippen molar-refractivity contribution in [3.05, 3.63) is 29.8 Å². The highest BCUT2D eigenvalue weighted by Crippen LogP contribution is 2.21. The molecule has 2 N–H and O–H groups in total. The van der Waals surface area contributed by atoms with Crippen LogP contribution in [0.5, 0.6) is 5.75 Å². The lowest BCUT2D eigenvalue weighted by Gasteiger charge is -2.32. The standard InChI is InChI=1S/C19H32N4O/c1-21-9-11-22(12-10-21)13-14-24-19-7-3-2-5-17(19)15-23-8-4-6-18(20)16-23/h2-3,5,7,18H,4,6,8-16,20H2,1H3/t18-/m0/s1. The first-order chi connectivity index (χ1) is 11.7. The number of likely N-dealkylation sites (tertiary alicyclic amines) is 1. The Kier molecular flexibility index (Phi) is 6.49. The van der Waals surface area contributed by atoms with Gasteiger partial charge in [0.2, 0.25) is 0 Å². The molecule has 1 atom stereocenters. The number of nitrogens with two attached hydrogens (primary N) is 1. The number of ether oxygens (including phenoxy) is 1. The van der Waals surface area contributed by atoms with Gasteiger partial charge in [0.1, 0.15) is 12.4 Å². The fraction of sp³-hybridized carbons (Fsp3) is 0.684. The van der Waals surface area contributed by atoms with Gasteiger partial charge in [0, 0.05) is 57.4 Å². The number of hydrogen-bond donors (Lipinski definition) is 1. The van der Waals surface area contributed by atoms with Crippen LogP contribution in [0.1, 0.15) is 18.4 Å². The Morgan fingerprint density at radius 1 is 1.08 bits per heavy atom. The van der Waals surface area contributed by atoms with Crippen LogP contribution < -0.4 is 10.5 Å². The van der Waals surface area contributed by atoms with Gasteiger partial charge in [-0.3, -0.25) is 9.80 Å². The molecule has 5 heteroatoms. The van der Waals surface area contributed by atoms with Crippen LogP contribution in [0.3, 0.4) is 0 Å². The van der Waals surface area contributed by atoms with E-state index in [-0.39, 0.29) is 0 Å². The zero-order valence-corrected chi connectivity index (χ0v) is 15.0. The molecule has 2 heterocycles. The van der Waals surface area contributed by atoms with E-state index >= 15 is 0 Å². The van der Waals surface area contributed by atoms with Crippen LogP contribution in [0.25, 0.3) is 0 Å². The summed E-state index contributed by atoms with van der Waals surface area (Å²) >= 11 is 0. The number of hydrogen-bond acceptors (Lipinski definition) is 5. The fourth-order valence-electron chi connectivity index (χ4n) is 3.61. The molecule has 2 aliphatic heterocycles. The van der Waals surface area contributed by atoms with Gasteiger partial charge in [-0.1, -0.05) is 18.2 Å². The Morgan fingerprint density at radius 3 is 2.67 bits per heavy atom. The predicted octanol–water partition coefficient (Wildman–Crippen LogP) is 1.24. The summed E-state index contributed by atoms with van der Waals surface area (Å²) in [6.07, 6.45) is 2.35. The molecule has 0 saturated carbocycles. The van der Waals surface area contributed by atoms with E-state index in [9.17, 15) is 0 Å². The van der Waals surface area contributed by atoms with Gasteiger partial charge in [-0.25, -0.2) is 0 Å². The quantitative estimate of drug-likeness (QED) is 0.849. The molecule has 0 aliphatic carbocycles. The van der Waals surface area contributed by atoms with Crippen LogP contribution in [-0.4, -0.2) is 80.2 Å². The van der Waals surface area contributed by atoms with Crippen LogP contribution in [-0.2, 0) is 6.54 Å². The molecular weight excluding hydrogens is 300 g/mol. The number of nitrogens with zero attached hydrogens (tertiary/aromatic N) is 3. The summed E-state index contributed by atoms with van der Waals surface area (Å²) in [5.74, 6) is 1.03. The third-order valence-electron chi connectivity index (χ3n) is 5.17. The van der Waals surface area contributed by atoms with Gasteiger partial charge < -0.3 is 15.4 Å². The maximum absolute atomic E-state index is 6.12.